The lowest BCUT2D eigenvalue weighted by Gasteiger charge is -2.20. The first-order valence-corrected chi connectivity index (χ1v) is 4.58. The van der Waals surface area contributed by atoms with Gasteiger partial charge in [0.25, 0.3) is 0 Å². The highest BCUT2D eigenvalue weighted by molar-refractivity contribution is 4.95. The zero-order valence-corrected chi connectivity index (χ0v) is 8.54. The van der Waals surface area contributed by atoms with E-state index in [1.165, 1.54) is 0 Å². The predicted octanol–water partition coefficient (Wildman–Crippen LogP) is 1.41. The van der Waals surface area contributed by atoms with Crippen molar-refractivity contribution in [2.45, 2.75) is 32.7 Å². The van der Waals surface area contributed by atoms with Crippen molar-refractivity contribution in [3.8, 4) is 0 Å². The molecule has 3 heteroatoms. The van der Waals surface area contributed by atoms with Crippen LogP contribution in [0.4, 0.5) is 0 Å². The number of nitrogens with zero attached hydrogens (tertiary/aromatic N) is 2. The van der Waals surface area contributed by atoms with E-state index < -0.39 is 0 Å². The predicted molar refractivity (Wildman–Crippen MR) is 53.5 cm³/mol. The molecule has 0 aromatic carbocycles. The third-order valence-corrected chi connectivity index (χ3v) is 1.65. The molecule has 1 aromatic rings. The first-order chi connectivity index (χ1) is 6.08. The molecule has 0 spiro atoms. The van der Waals surface area contributed by atoms with Gasteiger partial charge in [-0.3, -0.25) is 9.97 Å². The molecule has 0 unspecified atom stereocenters. The van der Waals surface area contributed by atoms with Gasteiger partial charge in [0.15, 0.2) is 0 Å². The zero-order chi connectivity index (χ0) is 9.73. The molecule has 72 valence electrons. The topological polar surface area (TPSA) is 37.8 Å². The maximum atomic E-state index is 4.20. The molecule has 0 aliphatic carbocycles. The van der Waals surface area contributed by atoms with Crippen molar-refractivity contribution in [1.82, 2.24) is 15.3 Å². The SMILES string of the molecule is CC(C)(C)NCCc1cnccn1. The van der Waals surface area contributed by atoms with Gasteiger partial charge in [-0.15, -0.1) is 0 Å². The lowest BCUT2D eigenvalue weighted by molar-refractivity contribution is 0.428. The van der Waals surface area contributed by atoms with E-state index in [9.17, 15) is 0 Å². The van der Waals surface area contributed by atoms with Gasteiger partial charge in [-0.25, -0.2) is 0 Å². The average Bonchev–Trinajstić information content (AvgIpc) is 2.04. The molecule has 1 N–H and O–H groups in total. The Morgan fingerprint density at radius 2 is 2.08 bits per heavy atom. The van der Waals surface area contributed by atoms with E-state index in [1.54, 1.807) is 12.4 Å². The fourth-order valence-corrected chi connectivity index (χ4v) is 1.02. The van der Waals surface area contributed by atoms with Gasteiger partial charge in [0.05, 0.1) is 5.69 Å². The molecule has 1 aromatic heterocycles. The van der Waals surface area contributed by atoms with E-state index in [-0.39, 0.29) is 5.54 Å². The zero-order valence-electron chi connectivity index (χ0n) is 8.54. The summed E-state index contributed by atoms with van der Waals surface area (Å²) in [7, 11) is 0. The summed E-state index contributed by atoms with van der Waals surface area (Å²) in [5.41, 5.74) is 1.22. The van der Waals surface area contributed by atoms with Crippen LogP contribution >= 0.6 is 0 Å². The summed E-state index contributed by atoms with van der Waals surface area (Å²) < 4.78 is 0. The van der Waals surface area contributed by atoms with Crippen molar-refractivity contribution in [1.29, 1.82) is 0 Å². The van der Waals surface area contributed by atoms with E-state index in [0.717, 1.165) is 18.7 Å². The molecule has 0 saturated heterocycles. The Hall–Kier alpha value is -0.960. The van der Waals surface area contributed by atoms with Gasteiger partial charge in [0, 0.05) is 37.1 Å². The Morgan fingerprint density at radius 1 is 1.31 bits per heavy atom. The fourth-order valence-electron chi connectivity index (χ4n) is 1.02. The van der Waals surface area contributed by atoms with Gasteiger partial charge in [0.1, 0.15) is 0 Å². The maximum Gasteiger partial charge on any atom is 0.0599 e. The second-order valence-electron chi connectivity index (χ2n) is 4.12. The van der Waals surface area contributed by atoms with Gasteiger partial charge in [-0.05, 0) is 20.8 Å². The normalized spacial score (nSPS) is 11.6. The van der Waals surface area contributed by atoms with E-state index in [1.807, 2.05) is 6.20 Å². The van der Waals surface area contributed by atoms with Gasteiger partial charge in [0.2, 0.25) is 0 Å². The molecule has 0 fully saturated rings. The fraction of sp³-hybridized carbons (Fsp3) is 0.600. The minimum Gasteiger partial charge on any atom is -0.312 e. The Morgan fingerprint density at radius 3 is 2.62 bits per heavy atom. The Kier molecular flexibility index (Phi) is 3.37. The highest BCUT2D eigenvalue weighted by atomic mass is 14.9. The molecule has 0 saturated carbocycles. The van der Waals surface area contributed by atoms with Crippen LogP contribution in [0.3, 0.4) is 0 Å². The number of rotatable bonds is 3. The monoisotopic (exact) mass is 179 g/mol. The van der Waals surface area contributed by atoms with Crippen LogP contribution in [-0.2, 0) is 6.42 Å². The standard InChI is InChI=1S/C10H17N3/c1-10(2,3)13-5-4-9-8-11-6-7-12-9/h6-8,13H,4-5H2,1-3H3. The van der Waals surface area contributed by atoms with Crippen LogP contribution in [0.25, 0.3) is 0 Å². The molecule has 13 heavy (non-hydrogen) atoms. The summed E-state index contributed by atoms with van der Waals surface area (Å²) >= 11 is 0. The summed E-state index contributed by atoms with van der Waals surface area (Å²) in [6.07, 6.45) is 6.17. The minimum absolute atomic E-state index is 0.183. The molecular weight excluding hydrogens is 162 g/mol. The summed E-state index contributed by atoms with van der Waals surface area (Å²) in [4.78, 5) is 8.21. The number of aromatic nitrogens is 2. The third kappa shape index (κ3) is 4.58. The average molecular weight is 179 g/mol. The molecule has 0 aliphatic rings. The van der Waals surface area contributed by atoms with Crippen molar-refractivity contribution in [3.63, 3.8) is 0 Å². The molecule has 0 radical (unpaired) electrons. The van der Waals surface area contributed by atoms with Crippen LogP contribution in [-0.4, -0.2) is 22.1 Å². The van der Waals surface area contributed by atoms with Gasteiger partial charge >= 0.3 is 0 Å². The van der Waals surface area contributed by atoms with Gasteiger partial charge in [-0.1, -0.05) is 0 Å². The van der Waals surface area contributed by atoms with Crippen LogP contribution in [0.1, 0.15) is 26.5 Å². The first kappa shape index (κ1) is 10.1. The summed E-state index contributed by atoms with van der Waals surface area (Å²) in [5, 5.41) is 3.40. The van der Waals surface area contributed by atoms with Crippen molar-refractivity contribution in [2.75, 3.05) is 6.54 Å². The van der Waals surface area contributed by atoms with E-state index in [4.69, 9.17) is 0 Å². The van der Waals surface area contributed by atoms with Crippen molar-refractivity contribution < 1.29 is 0 Å². The summed E-state index contributed by atoms with van der Waals surface area (Å²) in [5.74, 6) is 0. The Labute approximate surface area is 79.6 Å². The number of hydrogen-bond acceptors (Lipinski definition) is 3. The van der Waals surface area contributed by atoms with Crippen LogP contribution < -0.4 is 5.32 Å². The molecule has 0 atom stereocenters. The highest BCUT2D eigenvalue weighted by Crippen LogP contribution is 1.98. The van der Waals surface area contributed by atoms with Crippen molar-refractivity contribution >= 4 is 0 Å². The summed E-state index contributed by atoms with van der Waals surface area (Å²) in [6, 6.07) is 0. The smallest absolute Gasteiger partial charge is 0.0599 e. The Bertz CT molecular complexity index is 238. The number of nitrogens with one attached hydrogen (secondary N) is 1. The minimum atomic E-state index is 0.183. The van der Waals surface area contributed by atoms with Crippen molar-refractivity contribution in [3.05, 3.63) is 24.3 Å². The van der Waals surface area contributed by atoms with E-state index in [2.05, 4.69) is 36.1 Å². The van der Waals surface area contributed by atoms with Gasteiger partial charge in [-0.2, -0.15) is 0 Å². The van der Waals surface area contributed by atoms with Crippen molar-refractivity contribution in [2.24, 2.45) is 0 Å². The second-order valence-corrected chi connectivity index (χ2v) is 4.12. The molecule has 0 aliphatic heterocycles. The van der Waals surface area contributed by atoms with Crippen LogP contribution in [0.15, 0.2) is 18.6 Å². The molecule has 0 bridgehead atoms. The van der Waals surface area contributed by atoms with Crippen LogP contribution in [0.2, 0.25) is 0 Å². The molecule has 1 heterocycles. The lowest BCUT2D eigenvalue weighted by atomic mass is 10.1. The number of hydrogen-bond donors (Lipinski definition) is 1. The van der Waals surface area contributed by atoms with Gasteiger partial charge < -0.3 is 5.32 Å². The molecular formula is C10H17N3. The first-order valence-electron chi connectivity index (χ1n) is 4.58. The van der Waals surface area contributed by atoms with Crippen LogP contribution in [0.5, 0.6) is 0 Å². The maximum absolute atomic E-state index is 4.20. The van der Waals surface area contributed by atoms with Crippen LogP contribution in [0, 0.1) is 0 Å². The highest BCUT2D eigenvalue weighted by Gasteiger charge is 2.07. The quantitative estimate of drug-likeness (QED) is 0.762. The molecule has 1 rings (SSSR count). The summed E-state index contributed by atoms with van der Waals surface area (Å²) in [6.45, 7) is 7.42. The second kappa shape index (κ2) is 4.33. The largest absolute Gasteiger partial charge is 0.312 e. The van der Waals surface area contributed by atoms with E-state index >= 15 is 0 Å². The van der Waals surface area contributed by atoms with E-state index in [0.29, 0.717) is 0 Å². The Balaban J connectivity index is 2.29. The lowest BCUT2D eigenvalue weighted by Crippen LogP contribution is -2.37. The molecule has 0 amide bonds. The molecule has 3 nitrogen and oxygen atoms in total. The third-order valence-electron chi connectivity index (χ3n) is 1.65.